The van der Waals surface area contributed by atoms with E-state index in [4.69, 9.17) is 4.74 Å². The number of piperidine rings is 1. The number of rotatable bonds is 3. The first kappa shape index (κ1) is 15.8. The van der Waals surface area contributed by atoms with E-state index in [0.717, 1.165) is 37.2 Å². The SMILES string of the molecule is c1cnc2[nH]c([C@H]3CCCO3)c(CN3CCCC4CCCCC43)c2c1. The van der Waals surface area contributed by atoms with Crippen molar-refractivity contribution in [3.05, 3.63) is 29.6 Å². The highest BCUT2D eigenvalue weighted by atomic mass is 16.5. The molecule has 3 fully saturated rings. The van der Waals surface area contributed by atoms with E-state index in [1.165, 1.54) is 68.1 Å². The molecule has 3 atom stereocenters. The Labute approximate surface area is 150 Å². The van der Waals surface area contributed by atoms with Crippen molar-refractivity contribution in [2.24, 2.45) is 5.92 Å². The van der Waals surface area contributed by atoms with Crippen LogP contribution in [0, 0.1) is 5.92 Å². The van der Waals surface area contributed by atoms with Gasteiger partial charge < -0.3 is 9.72 Å². The summed E-state index contributed by atoms with van der Waals surface area (Å²) in [6.45, 7) is 3.20. The molecule has 4 heterocycles. The molecular formula is C21H29N3O. The molecule has 0 bridgehead atoms. The number of H-pyrrole nitrogens is 1. The topological polar surface area (TPSA) is 41.1 Å². The maximum absolute atomic E-state index is 6.03. The minimum atomic E-state index is 0.233. The average molecular weight is 339 g/mol. The van der Waals surface area contributed by atoms with E-state index >= 15 is 0 Å². The molecule has 0 amide bonds. The number of fused-ring (bicyclic) bond motifs is 2. The van der Waals surface area contributed by atoms with Crippen LogP contribution in [0.3, 0.4) is 0 Å². The summed E-state index contributed by atoms with van der Waals surface area (Å²) in [5.74, 6) is 0.928. The fraction of sp³-hybridized carbons (Fsp3) is 0.667. The van der Waals surface area contributed by atoms with Crippen LogP contribution in [0.5, 0.6) is 0 Å². The predicted octanol–water partition coefficient (Wildman–Crippen LogP) is 4.57. The summed E-state index contributed by atoms with van der Waals surface area (Å²) in [5, 5.41) is 1.30. The van der Waals surface area contributed by atoms with E-state index in [9.17, 15) is 0 Å². The molecule has 1 aliphatic carbocycles. The Morgan fingerprint density at radius 1 is 1.12 bits per heavy atom. The number of aromatic nitrogens is 2. The van der Waals surface area contributed by atoms with Gasteiger partial charge in [-0.2, -0.15) is 0 Å². The molecule has 1 N–H and O–H groups in total. The van der Waals surface area contributed by atoms with Crippen molar-refractivity contribution in [3.63, 3.8) is 0 Å². The zero-order valence-electron chi connectivity index (χ0n) is 15.0. The lowest BCUT2D eigenvalue weighted by Crippen LogP contribution is -2.46. The molecule has 4 heteroatoms. The number of aromatic amines is 1. The fourth-order valence-electron chi connectivity index (χ4n) is 5.47. The third-order valence-electron chi connectivity index (χ3n) is 6.68. The van der Waals surface area contributed by atoms with Crippen LogP contribution in [0.2, 0.25) is 0 Å². The van der Waals surface area contributed by atoms with Crippen LogP contribution < -0.4 is 0 Å². The first-order valence-electron chi connectivity index (χ1n) is 10.2. The number of hydrogen-bond acceptors (Lipinski definition) is 3. The van der Waals surface area contributed by atoms with Gasteiger partial charge in [-0.15, -0.1) is 0 Å². The highest BCUT2D eigenvalue weighted by molar-refractivity contribution is 5.81. The molecule has 5 rings (SSSR count). The summed E-state index contributed by atoms with van der Waals surface area (Å²) >= 11 is 0. The van der Waals surface area contributed by atoms with Crippen molar-refractivity contribution in [1.82, 2.24) is 14.9 Å². The van der Waals surface area contributed by atoms with E-state index in [0.29, 0.717) is 0 Å². The third-order valence-corrected chi connectivity index (χ3v) is 6.68. The number of pyridine rings is 1. The van der Waals surface area contributed by atoms with E-state index in [1.54, 1.807) is 0 Å². The van der Waals surface area contributed by atoms with E-state index in [2.05, 4.69) is 27.0 Å². The van der Waals surface area contributed by atoms with Gasteiger partial charge >= 0.3 is 0 Å². The average Bonchev–Trinajstić information content (AvgIpc) is 3.30. The summed E-state index contributed by atoms with van der Waals surface area (Å²) in [7, 11) is 0. The number of ether oxygens (including phenoxy) is 1. The van der Waals surface area contributed by atoms with Crippen LogP contribution in [-0.2, 0) is 11.3 Å². The monoisotopic (exact) mass is 339 g/mol. The Morgan fingerprint density at radius 3 is 2.96 bits per heavy atom. The number of hydrogen-bond donors (Lipinski definition) is 1. The molecule has 0 spiro atoms. The maximum atomic E-state index is 6.03. The second-order valence-corrected chi connectivity index (χ2v) is 8.14. The number of nitrogens with one attached hydrogen (secondary N) is 1. The van der Waals surface area contributed by atoms with Crippen molar-refractivity contribution in [3.8, 4) is 0 Å². The standard InChI is InChI=1S/C21H29N3O/c1-2-9-18-15(6-1)7-4-12-24(18)14-17-16-8-3-11-22-21(16)23-20(17)19-10-5-13-25-19/h3,8,11,15,18-19H,1-2,4-7,9-10,12-14H2,(H,22,23)/t15?,18?,19-/m1/s1. The fourth-order valence-corrected chi connectivity index (χ4v) is 5.47. The van der Waals surface area contributed by atoms with Gasteiger partial charge in [0.15, 0.2) is 0 Å². The first-order valence-corrected chi connectivity index (χ1v) is 10.2. The Morgan fingerprint density at radius 2 is 2.04 bits per heavy atom. The quantitative estimate of drug-likeness (QED) is 0.890. The summed E-state index contributed by atoms with van der Waals surface area (Å²) in [6.07, 6.45) is 12.9. The molecule has 25 heavy (non-hydrogen) atoms. The summed E-state index contributed by atoms with van der Waals surface area (Å²) in [5.41, 5.74) is 3.77. The second-order valence-electron chi connectivity index (χ2n) is 8.14. The molecule has 2 aromatic rings. The Kier molecular flexibility index (Phi) is 4.26. The van der Waals surface area contributed by atoms with Gasteiger partial charge in [-0.1, -0.05) is 12.8 Å². The van der Waals surface area contributed by atoms with E-state index in [1.807, 2.05) is 6.20 Å². The number of likely N-dealkylation sites (tertiary alicyclic amines) is 1. The van der Waals surface area contributed by atoms with Gasteiger partial charge in [0.1, 0.15) is 5.65 Å². The molecule has 3 aliphatic rings. The first-order chi connectivity index (χ1) is 12.4. The third kappa shape index (κ3) is 2.89. The van der Waals surface area contributed by atoms with Crippen LogP contribution in [0.15, 0.2) is 18.3 Å². The molecule has 0 aromatic carbocycles. The van der Waals surface area contributed by atoms with E-state index < -0.39 is 0 Å². The van der Waals surface area contributed by atoms with Gasteiger partial charge in [0.05, 0.1) is 11.8 Å². The Balaban J connectivity index is 1.49. The van der Waals surface area contributed by atoms with E-state index in [-0.39, 0.29) is 6.10 Å². The highest BCUT2D eigenvalue weighted by Crippen LogP contribution is 2.39. The zero-order chi connectivity index (χ0) is 16.6. The van der Waals surface area contributed by atoms with Gasteiger partial charge in [0, 0.05) is 30.8 Å². The zero-order valence-corrected chi connectivity index (χ0v) is 15.0. The van der Waals surface area contributed by atoms with Gasteiger partial charge in [-0.05, 0) is 68.7 Å². The summed E-state index contributed by atoms with van der Waals surface area (Å²) < 4.78 is 6.03. The maximum Gasteiger partial charge on any atom is 0.137 e. The van der Waals surface area contributed by atoms with Crippen molar-refractivity contribution in [2.75, 3.05) is 13.2 Å². The molecule has 134 valence electrons. The highest BCUT2D eigenvalue weighted by Gasteiger charge is 2.34. The minimum absolute atomic E-state index is 0.233. The predicted molar refractivity (Wildman–Crippen MR) is 99.4 cm³/mol. The van der Waals surface area contributed by atoms with Crippen LogP contribution in [0.25, 0.3) is 11.0 Å². The molecule has 4 nitrogen and oxygen atoms in total. The second kappa shape index (κ2) is 6.73. The van der Waals surface area contributed by atoms with Gasteiger partial charge in [0.2, 0.25) is 0 Å². The molecule has 2 unspecified atom stereocenters. The number of nitrogens with zero attached hydrogens (tertiary/aromatic N) is 2. The molecule has 0 radical (unpaired) electrons. The van der Waals surface area contributed by atoms with Crippen LogP contribution in [0.1, 0.15) is 68.7 Å². The van der Waals surface area contributed by atoms with Crippen molar-refractivity contribution in [1.29, 1.82) is 0 Å². The lowest BCUT2D eigenvalue weighted by atomic mass is 9.78. The Hall–Kier alpha value is -1.39. The van der Waals surface area contributed by atoms with Gasteiger partial charge in [-0.25, -0.2) is 4.98 Å². The summed E-state index contributed by atoms with van der Waals surface area (Å²) in [6, 6.07) is 5.09. The molecular weight excluding hydrogens is 310 g/mol. The van der Waals surface area contributed by atoms with Crippen molar-refractivity contribution >= 4 is 11.0 Å². The van der Waals surface area contributed by atoms with Crippen molar-refractivity contribution < 1.29 is 4.74 Å². The van der Waals surface area contributed by atoms with Gasteiger partial charge in [-0.3, -0.25) is 4.90 Å². The molecule has 2 saturated heterocycles. The van der Waals surface area contributed by atoms with Crippen LogP contribution in [-0.4, -0.2) is 34.1 Å². The Bertz CT molecular complexity index is 732. The largest absolute Gasteiger partial charge is 0.372 e. The summed E-state index contributed by atoms with van der Waals surface area (Å²) in [4.78, 5) is 11.0. The molecule has 1 saturated carbocycles. The normalized spacial score (nSPS) is 30.6. The molecule has 2 aromatic heterocycles. The lowest BCUT2D eigenvalue weighted by Gasteiger charge is -2.44. The van der Waals surface area contributed by atoms with Crippen LogP contribution in [0.4, 0.5) is 0 Å². The van der Waals surface area contributed by atoms with Crippen molar-refractivity contribution in [2.45, 2.75) is 70.1 Å². The van der Waals surface area contributed by atoms with Crippen LogP contribution >= 0.6 is 0 Å². The molecule has 2 aliphatic heterocycles. The minimum Gasteiger partial charge on any atom is -0.372 e. The van der Waals surface area contributed by atoms with Gasteiger partial charge in [0.25, 0.3) is 0 Å². The lowest BCUT2D eigenvalue weighted by molar-refractivity contribution is 0.0533. The smallest absolute Gasteiger partial charge is 0.137 e.